The molecule has 1 aromatic heterocycles. The second-order valence-electron chi connectivity index (χ2n) is 7.00. The lowest BCUT2D eigenvalue weighted by Crippen LogP contribution is -2.26. The number of H-pyrrole nitrogens is 1. The molecular weight excluding hydrogens is 258 g/mol. The third-order valence-corrected chi connectivity index (χ3v) is 5.09. The molecule has 1 atom stereocenters. The van der Waals surface area contributed by atoms with Gasteiger partial charge in [0.15, 0.2) is 5.82 Å². The van der Waals surface area contributed by atoms with Crippen LogP contribution in [0.5, 0.6) is 0 Å². The lowest BCUT2D eigenvalue weighted by atomic mass is 9.66. The molecule has 112 valence electrons. The molecule has 3 heteroatoms. The fourth-order valence-corrected chi connectivity index (χ4v) is 3.79. The molecule has 0 spiro atoms. The zero-order chi connectivity index (χ0) is 15.0. The predicted octanol–water partition coefficient (Wildman–Crippen LogP) is 4.65. The summed E-state index contributed by atoms with van der Waals surface area (Å²) >= 11 is 0. The maximum atomic E-state index is 6.20. The van der Waals surface area contributed by atoms with Crippen LogP contribution in [-0.2, 0) is 0 Å². The predicted molar refractivity (Wildman–Crippen MR) is 88.2 cm³/mol. The normalized spacial score (nSPS) is 21.4. The van der Waals surface area contributed by atoms with E-state index in [1.807, 2.05) is 0 Å². The van der Waals surface area contributed by atoms with Crippen molar-refractivity contribution in [3.05, 3.63) is 35.5 Å². The highest BCUT2D eigenvalue weighted by molar-refractivity contribution is 5.79. The molecule has 1 unspecified atom stereocenters. The largest absolute Gasteiger partial charge is 0.382 e. The van der Waals surface area contributed by atoms with Gasteiger partial charge in [-0.2, -0.15) is 5.10 Å². The molecule has 1 aromatic carbocycles. The second-order valence-corrected chi connectivity index (χ2v) is 7.00. The molecule has 21 heavy (non-hydrogen) atoms. The van der Waals surface area contributed by atoms with Crippen molar-refractivity contribution in [2.24, 2.45) is 5.41 Å². The Bertz CT molecular complexity index is 640. The highest BCUT2D eigenvalue weighted by Crippen LogP contribution is 2.49. The smallest absolute Gasteiger partial charge is 0.153 e. The summed E-state index contributed by atoms with van der Waals surface area (Å²) < 4.78 is 0. The van der Waals surface area contributed by atoms with E-state index in [0.717, 1.165) is 5.56 Å². The first kappa shape index (κ1) is 14.2. The van der Waals surface area contributed by atoms with Crippen molar-refractivity contribution in [3.63, 3.8) is 0 Å². The van der Waals surface area contributed by atoms with E-state index in [2.05, 4.69) is 55.2 Å². The number of anilines is 1. The molecule has 3 N–H and O–H groups in total. The highest BCUT2D eigenvalue weighted by atomic mass is 15.2. The fourth-order valence-electron chi connectivity index (χ4n) is 3.79. The summed E-state index contributed by atoms with van der Waals surface area (Å²) in [6, 6.07) is 8.43. The monoisotopic (exact) mass is 283 g/mol. The van der Waals surface area contributed by atoms with Crippen LogP contribution in [0.4, 0.5) is 5.82 Å². The summed E-state index contributed by atoms with van der Waals surface area (Å²) in [5.74, 6) is 1.13. The molecule has 0 saturated heterocycles. The van der Waals surface area contributed by atoms with Gasteiger partial charge in [0, 0.05) is 17.2 Å². The zero-order valence-corrected chi connectivity index (χ0v) is 13.2. The van der Waals surface area contributed by atoms with Gasteiger partial charge in [0.05, 0.1) is 0 Å². The molecule has 1 aliphatic carbocycles. The van der Waals surface area contributed by atoms with E-state index in [4.69, 9.17) is 5.73 Å². The summed E-state index contributed by atoms with van der Waals surface area (Å²) in [7, 11) is 0. The molecule has 3 rings (SSSR count). The lowest BCUT2D eigenvalue weighted by molar-refractivity contribution is 0.196. The summed E-state index contributed by atoms with van der Waals surface area (Å²) in [6.45, 7) is 6.88. The van der Waals surface area contributed by atoms with Crippen LogP contribution in [0.1, 0.15) is 56.7 Å². The topological polar surface area (TPSA) is 54.7 Å². The molecule has 0 bridgehead atoms. The summed E-state index contributed by atoms with van der Waals surface area (Å²) in [5.41, 5.74) is 11.3. The van der Waals surface area contributed by atoms with Crippen LogP contribution in [0.2, 0.25) is 0 Å². The van der Waals surface area contributed by atoms with Gasteiger partial charge in [-0.05, 0) is 36.3 Å². The Morgan fingerprint density at radius 1 is 1.24 bits per heavy atom. The molecule has 1 aliphatic rings. The number of aromatic amines is 1. The quantitative estimate of drug-likeness (QED) is 0.842. The number of nitrogens with one attached hydrogen (secondary N) is 1. The number of nitrogens with two attached hydrogens (primary N) is 1. The third-order valence-electron chi connectivity index (χ3n) is 5.09. The van der Waals surface area contributed by atoms with Gasteiger partial charge in [0.25, 0.3) is 0 Å². The van der Waals surface area contributed by atoms with Gasteiger partial charge in [-0.1, -0.05) is 51.0 Å². The standard InChI is InChI=1S/C18H25N3/c1-12-8-4-5-9-13(12)15-16(20-21-17(15)19)14-10-6-7-11-18(14,2)3/h4-5,8-9,14H,6-7,10-11H2,1-3H3,(H3,19,20,21). The number of nitrogens with zero attached hydrogens (tertiary/aromatic N) is 1. The van der Waals surface area contributed by atoms with E-state index < -0.39 is 0 Å². The van der Waals surface area contributed by atoms with Crippen LogP contribution < -0.4 is 5.73 Å². The van der Waals surface area contributed by atoms with Crippen molar-refractivity contribution in [1.29, 1.82) is 0 Å². The molecule has 1 saturated carbocycles. The first-order chi connectivity index (χ1) is 10.0. The summed E-state index contributed by atoms with van der Waals surface area (Å²) in [4.78, 5) is 0. The minimum atomic E-state index is 0.300. The van der Waals surface area contributed by atoms with Gasteiger partial charge in [0.1, 0.15) is 0 Å². The Balaban J connectivity index is 2.11. The molecule has 0 amide bonds. The Hall–Kier alpha value is -1.77. The van der Waals surface area contributed by atoms with Crippen LogP contribution >= 0.6 is 0 Å². The van der Waals surface area contributed by atoms with Gasteiger partial charge < -0.3 is 5.73 Å². The third kappa shape index (κ3) is 2.45. The molecule has 1 heterocycles. The van der Waals surface area contributed by atoms with Crippen LogP contribution in [0.25, 0.3) is 11.1 Å². The average molecular weight is 283 g/mol. The Morgan fingerprint density at radius 2 is 2.00 bits per heavy atom. The van der Waals surface area contributed by atoms with Crippen LogP contribution in [0.15, 0.2) is 24.3 Å². The summed E-state index contributed by atoms with van der Waals surface area (Å²) in [5, 5.41) is 7.58. The van der Waals surface area contributed by atoms with Crippen molar-refractivity contribution in [2.45, 2.75) is 52.4 Å². The van der Waals surface area contributed by atoms with Gasteiger partial charge in [-0.25, -0.2) is 0 Å². The number of benzene rings is 1. The number of aromatic nitrogens is 2. The second kappa shape index (κ2) is 5.21. The van der Waals surface area contributed by atoms with E-state index in [0.29, 0.717) is 17.2 Å². The number of aryl methyl sites for hydroxylation is 1. The van der Waals surface area contributed by atoms with E-state index in [1.165, 1.54) is 42.5 Å². The maximum absolute atomic E-state index is 6.20. The molecule has 1 fully saturated rings. The Labute approximate surface area is 127 Å². The SMILES string of the molecule is Cc1ccccc1-c1c(N)n[nH]c1C1CCCCC1(C)C. The number of hydrogen-bond acceptors (Lipinski definition) is 2. The van der Waals surface area contributed by atoms with E-state index >= 15 is 0 Å². The zero-order valence-electron chi connectivity index (χ0n) is 13.2. The minimum Gasteiger partial charge on any atom is -0.382 e. The molecule has 0 radical (unpaired) electrons. The van der Waals surface area contributed by atoms with Crippen molar-refractivity contribution in [3.8, 4) is 11.1 Å². The van der Waals surface area contributed by atoms with Crippen molar-refractivity contribution >= 4 is 5.82 Å². The maximum Gasteiger partial charge on any atom is 0.153 e. The van der Waals surface area contributed by atoms with Crippen molar-refractivity contribution < 1.29 is 0 Å². The van der Waals surface area contributed by atoms with E-state index in [-0.39, 0.29) is 0 Å². The first-order valence-corrected chi connectivity index (χ1v) is 7.90. The van der Waals surface area contributed by atoms with E-state index in [9.17, 15) is 0 Å². The van der Waals surface area contributed by atoms with Gasteiger partial charge in [-0.3, -0.25) is 5.10 Å². The van der Waals surface area contributed by atoms with Crippen LogP contribution in [0.3, 0.4) is 0 Å². The first-order valence-electron chi connectivity index (χ1n) is 7.90. The molecule has 0 aliphatic heterocycles. The van der Waals surface area contributed by atoms with Crippen molar-refractivity contribution in [2.75, 3.05) is 5.73 Å². The van der Waals surface area contributed by atoms with Gasteiger partial charge in [0.2, 0.25) is 0 Å². The lowest BCUT2D eigenvalue weighted by Gasteiger charge is -2.38. The Morgan fingerprint density at radius 3 is 2.71 bits per heavy atom. The van der Waals surface area contributed by atoms with Gasteiger partial charge in [-0.15, -0.1) is 0 Å². The van der Waals surface area contributed by atoms with Crippen molar-refractivity contribution in [1.82, 2.24) is 10.2 Å². The molecular formula is C18H25N3. The Kier molecular flexibility index (Phi) is 3.52. The van der Waals surface area contributed by atoms with Crippen LogP contribution in [-0.4, -0.2) is 10.2 Å². The number of nitrogen functional groups attached to an aromatic ring is 1. The van der Waals surface area contributed by atoms with Gasteiger partial charge >= 0.3 is 0 Å². The average Bonchev–Trinajstić information content (AvgIpc) is 2.80. The number of rotatable bonds is 2. The summed E-state index contributed by atoms with van der Waals surface area (Å²) in [6.07, 6.45) is 5.10. The highest BCUT2D eigenvalue weighted by Gasteiger charge is 2.36. The number of hydrogen-bond donors (Lipinski definition) is 2. The molecule has 2 aromatic rings. The fraction of sp³-hybridized carbons (Fsp3) is 0.500. The van der Waals surface area contributed by atoms with Crippen LogP contribution in [0, 0.1) is 12.3 Å². The minimum absolute atomic E-state index is 0.300. The molecule has 3 nitrogen and oxygen atoms in total. The van der Waals surface area contributed by atoms with E-state index in [1.54, 1.807) is 0 Å².